The van der Waals surface area contributed by atoms with Crippen molar-refractivity contribution in [2.24, 2.45) is 5.73 Å². The number of nitro groups is 1. The summed E-state index contributed by atoms with van der Waals surface area (Å²) in [6.07, 6.45) is 0.849. The third kappa shape index (κ3) is 6.73. The number of nitrogens with zero attached hydrogens (tertiary/aromatic N) is 1. The Labute approximate surface area is 117 Å². The first kappa shape index (κ1) is 17.3. The summed E-state index contributed by atoms with van der Waals surface area (Å²) in [5.41, 5.74) is 6.18. The molecule has 3 N–H and O–H groups in total. The highest BCUT2D eigenvalue weighted by Crippen LogP contribution is 2.13. The second kappa shape index (κ2) is 8.44. The van der Waals surface area contributed by atoms with Gasteiger partial charge < -0.3 is 11.1 Å². The molecule has 0 radical (unpaired) electrons. The quantitative estimate of drug-likeness (QED) is 0.610. The first-order valence-electron chi connectivity index (χ1n) is 5.74. The van der Waals surface area contributed by atoms with Gasteiger partial charge in [0.05, 0.1) is 11.3 Å². The van der Waals surface area contributed by atoms with Crippen LogP contribution in [-0.2, 0) is 11.2 Å². The Balaban J connectivity index is 0.00000324. The maximum atomic E-state index is 11.6. The van der Waals surface area contributed by atoms with Crippen LogP contribution in [0, 0.1) is 10.1 Å². The lowest BCUT2D eigenvalue weighted by molar-refractivity contribution is -0.384. The normalized spacial score (nSPS) is 11.3. The third-order valence-electron chi connectivity index (χ3n) is 2.41. The summed E-state index contributed by atoms with van der Waals surface area (Å²) in [5.74, 6) is -0.156. The topological polar surface area (TPSA) is 98.3 Å². The fourth-order valence-corrected chi connectivity index (χ4v) is 1.47. The van der Waals surface area contributed by atoms with E-state index in [-0.39, 0.29) is 36.5 Å². The Bertz CT molecular complexity index is 438. The summed E-state index contributed by atoms with van der Waals surface area (Å²) < 4.78 is 0. The monoisotopic (exact) mass is 287 g/mol. The molecule has 0 bridgehead atoms. The Morgan fingerprint density at radius 1 is 1.53 bits per heavy atom. The summed E-state index contributed by atoms with van der Waals surface area (Å²) in [5, 5.41) is 13.3. The average Bonchev–Trinajstić information content (AvgIpc) is 2.28. The zero-order chi connectivity index (χ0) is 13.5. The number of carbonyl (C=O) groups excluding carboxylic acids is 1. The number of hydrogen-bond donors (Lipinski definition) is 2. The van der Waals surface area contributed by atoms with Crippen LogP contribution in [0.3, 0.4) is 0 Å². The van der Waals surface area contributed by atoms with Crippen molar-refractivity contribution in [1.29, 1.82) is 0 Å². The first-order chi connectivity index (χ1) is 8.49. The molecule has 0 heterocycles. The molecule has 1 atom stereocenters. The van der Waals surface area contributed by atoms with Crippen molar-refractivity contribution in [2.75, 3.05) is 6.54 Å². The predicted molar refractivity (Wildman–Crippen MR) is 75.3 cm³/mol. The Morgan fingerprint density at radius 3 is 2.79 bits per heavy atom. The van der Waals surface area contributed by atoms with E-state index < -0.39 is 4.92 Å². The van der Waals surface area contributed by atoms with Crippen LogP contribution >= 0.6 is 12.4 Å². The lowest BCUT2D eigenvalue weighted by atomic mass is 10.1. The van der Waals surface area contributed by atoms with Crippen molar-refractivity contribution in [1.82, 2.24) is 5.32 Å². The van der Waals surface area contributed by atoms with Crippen LogP contribution in [0.25, 0.3) is 0 Å². The maximum Gasteiger partial charge on any atom is 0.269 e. The zero-order valence-corrected chi connectivity index (χ0v) is 11.5. The van der Waals surface area contributed by atoms with E-state index in [2.05, 4.69) is 5.32 Å². The second-order valence-corrected chi connectivity index (χ2v) is 4.22. The van der Waals surface area contributed by atoms with E-state index >= 15 is 0 Å². The van der Waals surface area contributed by atoms with Crippen molar-refractivity contribution in [2.45, 2.75) is 25.8 Å². The molecule has 0 aliphatic carbocycles. The van der Waals surface area contributed by atoms with Gasteiger partial charge in [-0.3, -0.25) is 14.9 Å². The standard InChI is InChI=1S/C12H17N3O3.ClH/c1-9(13)5-6-14-12(16)8-10-3-2-4-11(7-10)15(17)18;/h2-4,7,9H,5-6,8,13H2,1H3,(H,14,16);1H. The van der Waals surface area contributed by atoms with Gasteiger partial charge in [-0.2, -0.15) is 0 Å². The van der Waals surface area contributed by atoms with Crippen LogP contribution in [0.4, 0.5) is 5.69 Å². The summed E-state index contributed by atoms with van der Waals surface area (Å²) in [6, 6.07) is 6.12. The van der Waals surface area contributed by atoms with Crippen molar-refractivity contribution in [3.8, 4) is 0 Å². The first-order valence-corrected chi connectivity index (χ1v) is 5.74. The number of hydrogen-bond acceptors (Lipinski definition) is 4. The molecule has 1 unspecified atom stereocenters. The predicted octanol–water partition coefficient (Wildman–Crippen LogP) is 1.41. The Morgan fingerprint density at radius 2 is 2.21 bits per heavy atom. The molecule has 106 valence electrons. The minimum atomic E-state index is -0.475. The van der Waals surface area contributed by atoms with Gasteiger partial charge in [0.2, 0.25) is 5.91 Å². The van der Waals surface area contributed by atoms with E-state index in [0.717, 1.165) is 0 Å². The highest BCUT2D eigenvalue weighted by molar-refractivity contribution is 5.85. The number of carbonyl (C=O) groups is 1. The molecule has 1 amide bonds. The number of amides is 1. The summed E-state index contributed by atoms with van der Waals surface area (Å²) in [7, 11) is 0. The van der Waals surface area contributed by atoms with E-state index in [1.165, 1.54) is 12.1 Å². The molecule has 0 aliphatic heterocycles. The van der Waals surface area contributed by atoms with Gasteiger partial charge in [0.15, 0.2) is 0 Å². The van der Waals surface area contributed by atoms with Crippen molar-refractivity contribution < 1.29 is 9.72 Å². The molecule has 6 nitrogen and oxygen atoms in total. The average molecular weight is 288 g/mol. The van der Waals surface area contributed by atoms with Crippen molar-refractivity contribution >= 4 is 24.0 Å². The number of benzene rings is 1. The fourth-order valence-electron chi connectivity index (χ4n) is 1.47. The van der Waals surface area contributed by atoms with Gasteiger partial charge in [0, 0.05) is 24.7 Å². The highest BCUT2D eigenvalue weighted by Gasteiger charge is 2.08. The van der Waals surface area contributed by atoms with Gasteiger partial charge in [0.1, 0.15) is 0 Å². The van der Waals surface area contributed by atoms with E-state index in [1.54, 1.807) is 12.1 Å². The lowest BCUT2D eigenvalue weighted by Gasteiger charge is -2.07. The van der Waals surface area contributed by atoms with Gasteiger partial charge in [-0.15, -0.1) is 12.4 Å². The molecule has 0 spiro atoms. The molecule has 1 aromatic rings. The van der Waals surface area contributed by atoms with E-state index in [1.807, 2.05) is 6.92 Å². The fraction of sp³-hybridized carbons (Fsp3) is 0.417. The van der Waals surface area contributed by atoms with Gasteiger partial charge >= 0.3 is 0 Å². The van der Waals surface area contributed by atoms with E-state index in [9.17, 15) is 14.9 Å². The number of rotatable bonds is 6. The molecule has 0 fully saturated rings. The van der Waals surface area contributed by atoms with Crippen LogP contribution < -0.4 is 11.1 Å². The summed E-state index contributed by atoms with van der Waals surface area (Å²) in [6.45, 7) is 2.39. The smallest absolute Gasteiger partial charge is 0.269 e. The van der Waals surface area contributed by atoms with Gasteiger partial charge in [-0.1, -0.05) is 12.1 Å². The molecule has 0 saturated carbocycles. The molecular formula is C12H18ClN3O3. The highest BCUT2D eigenvalue weighted by atomic mass is 35.5. The van der Waals surface area contributed by atoms with Crippen LogP contribution in [0.5, 0.6) is 0 Å². The minimum Gasteiger partial charge on any atom is -0.356 e. The molecule has 19 heavy (non-hydrogen) atoms. The molecule has 7 heteroatoms. The van der Waals surface area contributed by atoms with Crippen LogP contribution in [0.1, 0.15) is 18.9 Å². The number of nitro benzene ring substituents is 1. The zero-order valence-electron chi connectivity index (χ0n) is 10.7. The Hall–Kier alpha value is -1.66. The summed E-state index contributed by atoms with van der Waals surface area (Å²) in [4.78, 5) is 21.7. The molecule has 0 aromatic heterocycles. The number of non-ortho nitro benzene ring substituents is 1. The second-order valence-electron chi connectivity index (χ2n) is 4.22. The number of halogens is 1. The number of nitrogens with one attached hydrogen (secondary N) is 1. The van der Waals surface area contributed by atoms with Crippen LogP contribution in [0.15, 0.2) is 24.3 Å². The molecule has 0 saturated heterocycles. The number of nitrogens with two attached hydrogens (primary N) is 1. The SMILES string of the molecule is CC(N)CCNC(=O)Cc1cccc([N+](=O)[O-])c1.Cl. The van der Waals surface area contributed by atoms with E-state index in [4.69, 9.17) is 5.73 Å². The van der Waals surface area contributed by atoms with Crippen molar-refractivity contribution in [3.05, 3.63) is 39.9 Å². The lowest BCUT2D eigenvalue weighted by Crippen LogP contribution is -2.30. The van der Waals surface area contributed by atoms with E-state index in [0.29, 0.717) is 18.5 Å². The molecule has 1 rings (SSSR count). The van der Waals surface area contributed by atoms with Crippen LogP contribution in [-0.4, -0.2) is 23.4 Å². The molecule has 0 aliphatic rings. The molecule has 1 aromatic carbocycles. The van der Waals surface area contributed by atoms with Gasteiger partial charge in [-0.05, 0) is 18.9 Å². The largest absolute Gasteiger partial charge is 0.356 e. The summed E-state index contributed by atoms with van der Waals surface area (Å²) >= 11 is 0. The van der Waals surface area contributed by atoms with Crippen LogP contribution in [0.2, 0.25) is 0 Å². The Kier molecular flexibility index (Phi) is 7.71. The van der Waals surface area contributed by atoms with Gasteiger partial charge in [0.25, 0.3) is 5.69 Å². The minimum absolute atomic E-state index is 0. The molecular weight excluding hydrogens is 270 g/mol. The van der Waals surface area contributed by atoms with Crippen molar-refractivity contribution in [3.63, 3.8) is 0 Å². The maximum absolute atomic E-state index is 11.6. The third-order valence-corrected chi connectivity index (χ3v) is 2.41. The van der Waals surface area contributed by atoms with Gasteiger partial charge in [-0.25, -0.2) is 0 Å².